The third-order valence-corrected chi connectivity index (χ3v) is 8.60. The van der Waals surface area contributed by atoms with E-state index in [0.717, 1.165) is 28.6 Å². The van der Waals surface area contributed by atoms with Crippen molar-refractivity contribution in [1.29, 1.82) is 0 Å². The second-order valence-corrected chi connectivity index (χ2v) is 14.4. The maximum Gasteiger partial charge on any atom is 0.406 e. The van der Waals surface area contributed by atoms with Gasteiger partial charge >= 0.3 is 12.1 Å². The van der Waals surface area contributed by atoms with E-state index in [4.69, 9.17) is 9.47 Å². The molecule has 1 unspecified atom stereocenters. The molecule has 50 heavy (non-hydrogen) atoms. The Morgan fingerprint density at radius 3 is 2.00 bits per heavy atom. The van der Waals surface area contributed by atoms with Gasteiger partial charge in [0.05, 0.1) is 25.0 Å². The van der Waals surface area contributed by atoms with Crippen molar-refractivity contribution < 1.29 is 32.2 Å². The van der Waals surface area contributed by atoms with Crippen molar-refractivity contribution >= 4 is 33.5 Å². The molecule has 0 aromatic heterocycles. The molecule has 0 bridgehead atoms. The summed E-state index contributed by atoms with van der Waals surface area (Å²) in [5.41, 5.74) is 4.49. The van der Waals surface area contributed by atoms with Gasteiger partial charge in [0.25, 0.3) is 0 Å². The van der Waals surface area contributed by atoms with Crippen LogP contribution in [0.5, 0.6) is 17.2 Å². The van der Waals surface area contributed by atoms with Crippen LogP contribution < -0.4 is 24.4 Å². The Bertz CT molecular complexity index is 1800. The molecule has 4 aromatic carbocycles. The van der Waals surface area contributed by atoms with Crippen LogP contribution in [0.3, 0.4) is 0 Å². The van der Waals surface area contributed by atoms with Crippen LogP contribution in [-0.2, 0) is 32.6 Å². The first-order valence-electron chi connectivity index (χ1n) is 16.7. The third-order valence-electron chi connectivity index (χ3n) is 8.01. The Hall–Kier alpha value is -5.03. The minimum Gasteiger partial charge on any atom is -0.457 e. The number of sulfonamides is 1. The molecule has 0 saturated carbocycles. The van der Waals surface area contributed by atoms with E-state index in [-0.39, 0.29) is 11.9 Å². The molecule has 266 valence electrons. The third kappa shape index (κ3) is 12.1. The molecule has 1 atom stereocenters. The van der Waals surface area contributed by atoms with Crippen LogP contribution in [0.1, 0.15) is 49.8 Å². The molecule has 2 N–H and O–H groups in total. The summed E-state index contributed by atoms with van der Waals surface area (Å²) in [6.45, 7) is 7.68. The molecule has 4 rings (SSSR count). The quantitative estimate of drug-likeness (QED) is 0.0644. The molecule has 0 heterocycles. The van der Waals surface area contributed by atoms with Gasteiger partial charge < -0.3 is 24.4 Å². The molecular weight excluding hydrogens is 655 g/mol. The lowest BCUT2D eigenvalue weighted by Crippen LogP contribution is -2.27. The first-order valence-corrected chi connectivity index (χ1v) is 18.6. The minimum absolute atomic E-state index is 0.287. The molecule has 1 amide bonds. The van der Waals surface area contributed by atoms with Gasteiger partial charge in [-0.2, -0.15) is 0 Å². The van der Waals surface area contributed by atoms with Gasteiger partial charge in [-0.3, -0.25) is 9.52 Å². The van der Waals surface area contributed by atoms with Crippen LogP contribution in [-0.4, -0.2) is 40.4 Å². The summed E-state index contributed by atoms with van der Waals surface area (Å²) in [7, 11) is -2.11. The van der Waals surface area contributed by atoms with Crippen molar-refractivity contribution in [1.82, 2.24) is 5.32 Å². The molecule has 0 saturated heterocycles. The van der Waals surface area contributed by atoms with Crippen LogP contribution in [0.15, 0.2) is 97.1 Å². The van der Waals surface area contributed by atoms with Crippen LogP contribution in [0.4, 0.5) is 16.2 Å². The topological polar surface area (TPSA) is 123 Å². The highest BCUT2D eigenvalue weighted by molar-refractivity contribution is 7.92. The maximum absolute atomic E-state index is 13.0. The largest absolute Gasteiger partial charge is 0.457 e. The Labute approximate surface area is 295 Å². The smallest absolute Gasteiger partial charge is 0.406 e. The van der Waals surface area contributed by atoms with Crippen molar-refractivity contribution in [2.24, 2.45) is 11.8 Å². The highest BCUT2D eigenvalue weighted by atomic mass is 32.2. The number of alkyl carbamates (subject to hydrolysis) is 1. The fraction of sp³-hybridized carbons (Fsp3) is 0.333. The number of hydrogen-bond acceptors (Lipinski definition) is 8. The zero-order valence-electron chi connectivity index (χ0n) is 29.3. The monoisotopic (exact) mass is 701 g/mol. The summed E-state index contributed by atoms with van der Waals surface area (Å²) in [5, 5.41) is 2.64. The van der Waals surface area contributed by atoms with Gasteiger partial charge in [0.1, 0.15) is 17.2 Å². The molecule has 0 aliphatic carbocycles. The molecule has 0 spiro atoms. The van der Waals surface area contributed by atoms with Crippen LogP contribution in [0, 0.1) is 18.8 Å². The summed E-state index contributed by atoms with van der Waals surface area (Å²) in [5.74, 6) is 1.42. The normalized spacial score (nSPS) is 11.8. The zero-order chi connectivity index (χ0) is 36.1. The summed E-state index contributed by atoms with van der Waals surface area (Å²) in [4.78, 5) is 26.5. The second-order valence-electron chi connectivity index (χ2n) is 12.7. The highest BCUT2D eigenvalue weighted by Gasteiger charge is 2.22. The Morgan fingerprint density at radius 2 is 1.40 bits per heavy atom. The predicted octanol–water partition coefficient (Wildman–Crippen LogP) is 8.07. The summed E-state index contributed by atoms with van der Waals surface area (Å²) < 4.78 is 43.0. The van der Waals surface area contributed by atoms with Gasteiger partial charge in [0.2, 0.25) is 10.0 Å². The lowest BCUT2D eigenvalue weighted by atomic mass is 9.93. The van der Waals surface area contributed by atoms with Crippen molar-refractivity contribution in [2.45, 2.75) is 53.1 Å². The van der Waals surface area contributed by atoms with E-state index in [0.29, 0.717) is 67.8 Å². The molecule has 0 fully saturated rings. The van der Waals surface area contributed by atoms with E-state index in [1.54, 1.807) is 30.3 Å². The number of ether oxygens (including phenoxy) is 3. The van der Waals surface area contributed by atoms with Gasteiger partial charge in [-0.1, -0.05) is 62.4 Å². The number of esters is 1. The van der Waals surface area contributed by atoms with E-state index in [1.807, 2.05) is 61.5 Å². The van der Waals surface area contributed by atoms with Crippen LogP contribution in [0.25, 0.3) is 0 Å². The van der Waals surface area contributed by atoms with Gasteiger partial charge in [-0.25, -0.2) is 13.2 Å². The lowest BCUT2D eigenvalue weighted by Gasteiger charge is -2.28. The van der Waals surface area contributed by atoms with E-state index >= 15 is 0 Å². The predicted molar refractivity (Wildman–Crippen MR) is 197 cm³/mol. The van der Waals surface area contributed by atoms with Crippen LogP contribution in [0.2, 0.25) is 0 Å². The fourth-order valence-electron chi connectivity index (χ4n) is 5.61. The summed E-state index contributed by atoms with van der Waals surface area (Å²) >= 11 is 0. The molecular formula is C39H47N3O7S. The van der Waals surface area contributed by atoms with Gasteiger partial charge in [-0.15, -0.1) is 0 Å². The molecule has 0 aliphatic heterocycles. The van der Waals surface area contributed by atoms with E-state index in [9.17, 15) is 18.0 Å². The number of nitrogens with zero attached hydrogens (tertiary/aromatic N) is 1. The Balaban J connectivity index is 1.40. The van der Waals surface area contributed by atoms with Gasteiger partial charge in [0.15, 0.2) is 0 Å². The number of methoxy groups -OCH3 is 1. The van der Waals surface area contributed by atoms with Crippen molar-refractivity contribution in [3.63, 3.8) is 0 Å². The molecule has 10 nitrogen and oxygen atoms in total. The number of benzene rings is 4. The first-order chi connectivity index (χ1) is 23.9. The van der Waals surface area contributed by atoms with Crippen LogP contribution >= 0.6 is 0 Å². The number of carbonyl (C=O) groups excluding carboxylic acids is 2. The summed E-state index contributed by atoms with van der Waals surface area (Å²) in [6, 6.07) is 30.5. The Kier molecular flexibility index (Phi) is 13.7. The van der Waals surface area contributed by atoms with E-state index < -0.39 is 16.1 Å². The SMILES string of the molecule is COC(=O)NCCCC(CC(C)C)C(=O)Oc1ccc(Oc2ccc(CN(Cc3ccccc3)c3cccc(NS(C)(=O)=O)c3C)cc2)cc1. The first kappa shape index (κ1) is 37.8. The van der Waals surface area contributed by atoms with E-state index in [1.165, 1.54) is 7.11 Å². The number of nitrogens with one attached hydrogen (secondary N) is 2. The van der Waals surface area contributed by atoms with Crippen molar-refractivity contribution in [2.75, 3.05) is 29.5 Å². The van der Waals surface area contributed by atoms with E-state index in [2.05, 4.69) is 45.7 Å². The summed E-state index contributed by atoms with van der Waals surface area (Å²) in [6.07, 6.45) is 2.57. The average Bonchev–Trinajstić information content (AvgIpc) is 3.08. The average molecular weight is 702 g/mol. The standard InChI is InChI=1S/C39H47N3O7S/c1-28(2)25-32(13-10-24-40-39(44)47-4)38(43)49-35-22-20-34(21-23-35)48-33-18-16-31(17-19-33)27-42(26-30-11-7-6-8-12-30)37-15-9-14-36(29(37)3)41-50(5,45)46/h6-9,11-12,14-23,28,32,41H,10,13,24-27H2,1-5H3,(H,40,44). The fourth-order valence-corrected chi connectivity index (χ4v) is 6.23. The molecule has 11 heteroatoms. The Morgan fingerprint density at radius 1 is 0.800 bits per heavy atom. The number of carbonyl (C=O) groups is 2. The van der Waals surface area contributed by atoms with Crippen molar-refractivity contribution in [3.8, 4) is 17.2 Å². The molecule has 0 aliphatic rings. The number of rotatable bonds is 17. The number of anilines is 2. The second kappa shape index (κ2) is 18.1. The lowest BCUT2D eigenvalue weighted by molar-refractivity contribution is -0.139. The van der Waals surface area contributed by atoms with Crippen molar-refractivity contribution in [3.05, 3.63) is 114 Å². The number of hydrogen-bond donors (Lipinski definition) is 2. The van der Waals surface area contributed by atoms with Gasteiger partial charge in [-0.05, 0) is 97.3 Å². The number of amides is 1. The highest BCUT2D eigenvalue weighted by Crippen LogP contribution is 2.31. The zero-order valence-corrected chi connectivity index (χ0v) is 30.2. The molecule has 0 radical (unpaired) electrons. The maximum atomic E-state index is 13.0. The van der Waals surface area contributed by atoms with Gasteiger partial charge in [0, 0.05) is 25.3 Å². The molecule has 4 aromatic rings. The minimum atomic E-state index is -3.43.